The van der Waals surface area contributed by atoms with E-state index in [-0.39, 0.29) is 17.4 Å². The van der Waals surface area contributed by atoms with Crippen LogP contribution < -0.4 is 5.32 Å². The molecule has 2 amide bonds. The third kappa shape index (κ3) is 2.01. The van der Waals surface area contributed by atoms with Crippen LogP contribution >= 0.6 is 0 Å². The van der Waals surface area contributed by atoms with Gasteiger partial charge in [-0.3, -0.25) is 9.59 Å². The van der Waals surface area contributed by atoms with Gasteiger partial charge in [0.25, 0.3) is 0 Å². The molecule has 0 radical (unpaired) electrons. The molecule has 1 aromatic carbocycles. The molecular weight excluding hydrogens is 252 g/mol. The first kappa shape index (κ1) is 12.9. The quantitative estimate of drug-likeness (QED) is 0.783. The smallest absolute Gasteiger partial charge is 0.245 e. The maximum atomic E-state index is 12.0. The van der Waals surface area contributed by atoms with Crippen LogP contribution in [0.5, 0.6) is 0 Å². The lowest BCUT2D eigenvalue weighted by molar-refractivity contribution is -0.129. The Kier molecular flexibility index (Phi) is 3.08. The van der Waals surface area contributed by atoms with Crippen molar-refractivity contribution in [3.63, 3.8) is 0 Å². The number of amides is 2. The summed E-state index contributed by atoms with van der Waals surface area (Å²) in [6.07, 6.45) is 3.32. The zero-order valence-electron chi connectivity index (χ0n) is 11.4. The lowest BCUT2D eigenvalue weighted by Gasteiger charge is -2.45. The Bertz CT molecular complexity index is 572. The minimum Gasteiger partial charge on any atom is -0.346 e. The summed E-state index contributed by atoms with van der Waals surface area (Å²) in [5.74, 6) is 0.0440. The molecule has 2 heterocycles. The van der Waals surface area contributed by atoms with Crippen LogP contribution in [0.25, 0.3) is 0 Å². The molecule has 1 spiro atoms. The van der Waals surface area contributed by atoms with E-state index in [4.69, 9.17) is 0 Å². The van der Waals surface area contributed by atoms with Gasteiger partial charge < -0.3 is 10.2 Å². The van der Waals surface area contributed by atoms with Gasteiger partial charge in [0.15, 0.2) is 0 Å². The van der Waals surface area contributed by atoms with Gasteiger partial charge >= 0.3 is 0 Å². The molecule has 4 nitrogen and oxygen atoms in total. The second-order valence-corrected chi connectivity index (χ2v) is 5.49. The van der Waals surface area contributed by atoms with Gasteiger partial charge in [-0.25, -0.2) is 0 Å². The summed E-state index contributed by atoms with van der Waals surface area (Å²) >= 11 is 0. The first-order chi connectivity index (χ1) is 9.64. The van der Waals surface area contributed by atoms with Gasteiger partial charge in [0.05, 0.1) is 12.0 Å². The Balaban J connectivity index is 1.89. The largest absolute Gasteiger partial charge is 0.346 e. The van der Waals surface area contributed by atoms with E-state index in [1.165, 1.54) is 11.6 Å². The average Bonchev–Trinajstić information content (AvgIpc) is 2.47. The molecule has 2 aliphatic rings. The van der Waals surface area contributed by atoms with Crippen LogP contribution in [0.3, 0.4) is 0 Å². The van der Waals surface area contributed by atoms with E-state index in [0.717, 1.165) is 18.4 Å². The number of hydrogen-bond donors (Lipinski definition) is 1. The van der Waals surface area contributed by atoms with Crippen molar-refractivity contribution in [3.8, 4) is 0 Å². The highest BCUT2D eigenvalue weighted by atomic mass is 16.2. The lowest BCUT2D eigenvalue weighted by Crippen LogP contribution is -2.56. The molecule has 0 aliphatic carbocycles. The van der Waals surface area contributed by atoms with Crippen molar-refractivity contribution in [2.24, 2.45) is 0 Å². The van der Waals surface area contributed by atoms with Crippen LogP contribution in [0.2, 0.25) is 0 Å². The zero-order valence-corrected chi connectivity index (χ0v) is 11.4. The van der Waals surface area contributed by atoms with Gasteiger partial charge in [-0.1, -0.05) is 30.8 Å². The van der Waals surface area contributed by atoms with E-state index in [0.29, 0.717) is 19.5 Å². The number of carbonyl (C=O) groups is 2. The lowest BCUT2D eigenvalue weighted by atomic mass is 9.75. The van der Waals surface area contributed by atoms with Crippen molar-refractivity contribution in [1.29, 1.82) is 0 Å². The maximum Gasteiger partial charge on any atom is 0.245 e. The first-order valence-electron chi connectivity index (χ1n) is 6.95. The SMILES string of the molecule is C=CC(=O)N1CCC2(CC1)NC(=O)Cc1ccccc12. The number of piperidine rings is 1. The molecule has 3 rings (SSSR count). The summed E-state index contributed by atoms with van der Waals surface area (Å²) in [4.78, 5) is 25.4. The van der Waals surface area contributed by atoms with E-state index in [1.807, 2.05) is 18.2 Å². The molecule has 20 heavy (non-hydrogen) atoms. The fourth-order valence-corrected chi connectivity index (χ4v) is 3.32. The molecule has 0 saturated carbocycles. The monoisotopic (exact) mass is 270 g/mol. The van der Waals surface area contributed by atoms with Crippen LogP contribution in [-0.2, 0) is 21.5 Å². The van der Waals surface area contributed by atoms with Crippen molar-refractivity contribution < 1.29 is 9.59 Å². The fourth-order valence-electron chi connectivity index (χ4n) is 3.32. The van der Waals surface area contributed by atoms with E-state index < -0.39 is 0 Å². The molecular formula is C16H18N2O2. The van der Waals surface area contributed by atoms with E-state index in [2.05, 4.69) is 18.0 Å². The van der Waals surface area contributed by atoms with Crippen LogP contribution in [0.15, 0.2) is 36.9 Å². The van der Waals surface area contributed by atoms with Crippen LogP contribution in [0.1, 0.15) is 24.0 Å². The predicted octanol–water partition coefficient (Wildman–Crippen LogP) is 1.36. The van der Waals surface area contributed by atoms with Crippen molar-refractivity contribution in [2.75, 3.05) is 13.1 Å². The molecule has 104 valence electrons. The third-order valence-electron chi connectivity index (χ3n) is 4.37. The van der Waals surface area contributed by atoms with Gasteiger partial charge in [-0.05, 0) is 30.0 Å². The Morgan fingerprint density at radius 3 is 2.70 bits per heavy atom. The molecule has 1 fully saturated rings. The fraction of sp³-hybridized carbons (Fsp3) is 0.375. The minimum absolute atomic E-state index is 0.0322. The Morgan fingerprint density at radius 2 is 2.00 bits per heavy atom. The second kappa shape index (κ2) is 4.78. The van der Waals surface area contributed by atoms with Gasteiger partial charge in [0.2, 0.25) is 11.8 Å². The summed E-state index contributed by atoms with van der Waals surface area (Å²) in [7, 11) is 0. The van der Waals surface area contributed by atoms with Crippen molar-refractivity contribution in [1.82, 2.24) is 10.2 Å². The molecule has 4 heteroatoms. The number of nitrogens with one attached hydrogen (secondary N) is 1. The van der Waals surface area contributed by atoms with Crippen molar-refractivity contribution in [3.05, 3.63) is 48.0 Å². The topological polar surface area (TPSA) is 49.4 Å². The molecule has 1 aromatic rings. The molecule has 0 atom stereocenters. The average molecular weight is 270 g/mol. The Hall–Kier alpha value is -2.10. The standard InChI is InChI=1S/C16H18N2O2/c1-2-15(20)18-9-7-16(8-10-18)13-6-4-3-5-12(13)11-14(19)17-16/h2-6H,1,7-11H2,(H,17,19). The number of hydrogen-bond acceptors (Lipinski definition) is 2. The highest BCUT2D eigenvalue weighted by Crippen LogP contribution is 2.37. The number of fused-ring (bicyclic) bond motifs is 2. The number of nitrogens with zero attached hydrogens (tertiary/aromatic N) is 1. The minimum atomic E-state index is -0.302. The van der Waals surface area contributed by atoms with Gasteiger partial charge in [-0.2, -0.15) is 0 Å². The van der Waals surface area contributed by atoms with Gasteiger partial charge in [0.1, 0.15) is 0 Å². The first-order valence-corrected chi connectivity index (χ1v) is 6.95. The molecule has 1 N–H and O–H groups in total. The Labute approximate surface area is 118 Å². The van der Waals surface area contributed by atoms with Crippen LogP contribution in [-0.4, -0.2) is 29.8 Å². The zero-order chi connectivity index (χ0) is 14.2. The van der Waals surface area contributed by atoms with Crippen molar-refractivity contribution in [2.45, 2.75) is 24.8 Å². The molecule has 0 bridgehead atoms. The molecule has 0 unspecified atom stereocenters. The van der Waals surface area contributed by atoms with Crippen LogP contribution in [0.4, 0.5) is 0 Å². The summed E-state index contributed by atoms with van der Waals surface area (Å²) in [6, 6.07) is 8.11. The predicted molar refractivity (Wildman–Crippen MR) is 76.0 cm³/mol. The number of benzene rings is 1. The van der Waals surface area contributed by atoms with E-state index in [9.17, 15) is 9.59 Å². The number of rotatable bonds is 1. The molecule has 2 aliphatic heterocycles. The van der Waals surface area contributed by atoms with Crippen molar-refractivity contribution >= 4 is 11.8 Å². The summed E-state index contributed by atoms with van der Waals surface area (Å²) in [6.45, 7) is 4.83. The highest BCUT2D eigenvalue weighted by molar-refractivity contribution is 5.87. The maximum absolute atomic E-state index is 12.0. The second-order valence-electron chi connectivity index (χ2n) is 5.49. The van der Waals surface area contributed by atoms with E-state index in [1.54, 1.807) is 4.90 Å². The molecule has 0 aromatic heterocycles. The number of likely N-dealkylation sites (tertiary alicyclic amines) is 1. The third-order valence-corrected chi connectivity index (χ3v) is 4.37. The molecule has 1 saturated heterocycles. The summed E-state index contributed by atoms with van der Waals surface area (Å²) < 4.78 is 0. The summed E-state index contributed by atoms with van der Waals surface area (Å²) in [5, 5.41) is 3.16. The van der Waals surface area contributed by atoms with Gasteiger partial charge in [0, 0.05) is 13.1 Å². The van der Waals surface area contributed by atoms with Crippen LogP contribution in [0, 0.1) is 0 Å². The summed E-state index contributed by atoms with van der Waals surface area (Å²) in [5.41, 5.74) is 2.02. The number of carbonyl (C=O) groups excluding carboxylic acids is 2. The van der Waals surface area contributed by atoms with Gasteiger partial charge in [-0.15, -0.1) is 0 Å². The van der Waals surface area contributed by atoms with E-state index >= 15 is 0 Å². The Morgan fingerprint density at radius 1 is 1.30 bits per heavy atom. The normalized spacial score (nSPS) is 20.2. The highest BCUT2D eigenvalue weighted by Gasteiger charge is 2.42.